The minimum Gasteiger partial charge on any atom is -0.494 e. The Morgan fingerprint density at radius 1 is 1.35 bits per heavy atom. The van der Waals surface area contributed by atoms with Crippen LogP contribution in [0.3, 0.4) is 0 Å². The first-order chi connectivity index (χ1) is 8.06. The van der Waals surface area contributed by atoms with Crippen molar-refractivity contribution < 1.29 is 4.74 Å². The Labute approximate surface area is 105 Å². The molecule has 0 bridgehead atoms. The van der Waals surface area contributed by atoms with E-state index in [1.807, 2.05) is 0 Å². The molecule has 0 amide bonds. The molecule has 0 aromatic rings. The summed E-state index contributed by atoms with van der Waals surface area (Å²) < 4.78 is 5.68. The van der Waals surface area contributed by atoms with E-state index >= 15 is 0 Å². The van der Waals surface area contributed by atoms with Crippen molar-refractivity contribution in [2.45, 2.75) is 63.8 Å². The summed E-state index contributed by atoms with van der Waals surface area (Å²) in [5, 5.41) is 3.64. The number of hydrogen-bond donors (Lipinski definition) is 1. The molecule has 2 atom stereocenters. The lowest BCUT2D eigenvalue weighted by atomic mass is 10.1. The Morgan fingerprint density at radius 3 is 2.65 bits per heavy atom. The lowest BCUT2D eigenvalue weighted by Gasteiger charge is -2.23. The SMILES string of the molecule is C=C(OC(C)C)C1CCC(CN(C)C2CC2)N1. The maximum atomic E-state index is 5.68. The van der Waals surface area contributed by atoms with E-state index in [4.69, 9.17) is 4.74 Å². The highest BCUT2D eigenvalue weighted by Crippen LogP contribution is 2.27. The third-order valence-corrected chi connectivity index (χ3v) is 3.70. The second-order valence-electron chi connectivity index (χ2n) is 5.80. The molecule has 98 valence electrons. The average Bonchev–Trinajstić information content (AvgIpc) is 2.99. The van der Waals surface area contributed by atoms with E-state index in [2.05, 4.69) is 37.7 Å². The molecule has 0 spiro atoms. The van der Waals surface area contributed by atoms with E-state index in [0.29, 0.717) is 12.1 Å². The quantitative estimate of drug-likeness (QED) is 0.718. The fourth-order valence-electron chi connectivity index (χ4n) is 2.61. The Balaban J connectivity index is 1.72. The summed E-state index contributed by atoms with van der Waals surface area (Å²) in [5.74, 6) is 0.913. The highest BCUT2D eigenvalue weighted by molar-refractivity contribution is 5.03. The van der Waals surface area contributed by atoms with Crippen LogP contribution in [-0.2, 0) is 4.74 Å². The van der Waals surface area contributed by atoms with Crippen molar-refractivity contribution in [1.29, 1.82) is 0 Å². The summed E-state index contributed by atoms with van der Waals surface area (Å²) in [5.41, 5.74) is 0. The van der Waals surface area contributed by atoms with Crippen molar-refractivity contribution in [3.63, 3.8) is 0 Å². The van der Waals surface area contributed by atoms with E-state index < -0.39 is 0 Å². The van der Waals surface area contributed by atoms with Crippen molar-refractivity contribution in [3.05, 3.63) is 12.3 Å². The fraction of sp³-hybridized carbons (Fsp3) is 0.857. The van der Waals surface area contributed by atoms with Gasteiger partial charge in [0.1, 0.15) is 5.76 Å². The Bertz CT molecular complexity index is 273. The van der Waals surface area contributed by atoms with Gasteiger partial charge in [-0.15, -0.1) is 0 Å². The van der Waals surface area contributed by atoms with Gasteiger partial charge in [0, 0.05) is 18.6 Å². The van der Waals surface area contributed by atoms with Crippen LogP contribution in [0.25, 0.3) is 0 Å². The predicted octanol–water partition coefficient (Wildman–Crippen LogP) is 2.14. The maximum absolute atomic E-state index is 5.68. The number of hydrogen-bond acceptors (Lipinski definition) is 3. The third-order valence-electron chi connectivity index (χ3n) is 3.70. The molecule has 1 heterocycles. The molecule has 2 unspecified atom stereocenters. The molecule has 0 aromatic heterocycles. The minimum absolute atomic E-state index is 0.234. The summed E-state index contributed by atoms with van der Waals surface area (Å²) in [6.45, 7) is 9.31. The minimum atomic E-state index is 0.234. The molecule has 1 saturated heterocycles. The van der Waals surface area contributed by atoms with Crippen LogP contribution in [-0.4, -0.2) is 42.7 Å². The molecule has 1 aliphatic carbocycles. The van der Waals surface area contributed by atoms with Crippen LogP contribution in [0.15, 0.2) is 12.3 Å². The average molecular weight is 238 g/mol. The molecule has 3 nitrogen and oxygen atoms in total. The third kappa shape index (κ3) is 3.71. The lowest BCUT2D eigenvalue weighted by molar-refractivity contribution is 0.130. The highest BCUT2D eigenvalue weighted by Gasteiger charge is 2.31. The van der Waals surface area contributed by atoms with Crippen LogP contribution in [0.2, 0.25) is 0 Å². The number of nitrogens with zero attached hydrogens (tertiary/aromatic N) is 1. The van der Waals surface area contributed by atoms with Gasteiger partial charge in [0.05, 0.1) is 12.1 Å². The van der Waals surface area contributed by atoms with Gasteiger partial charge in [-0.2, -0.15) is 0 Å². The van der Waals surface area contributed by atoms with Crippen LogP contribution < -0.4 is 5.32 Å². The fourth-order valence-corrected chi connectivity index (χ4v) is 2.61. The lowest BCUT2D eigenvalue weighted by Crippen LogP contribution is -2.40. The molecule has 2 fully saturated rings. The first-order valence-electron chi connectivity index (χ1n) is 6.88. The molecule has 1 saturated carbocycles. The van der Waals surface area contributed by atoms with Crippen LogP contribution in [0.5, 0.6) is 0 Å². The van der Waals surface area contributed by atoms with Crippen molar-refractivity contribution in [1.82, 2.24) is 10.2 Å². The van der Waals surface area contributed by atoms with Crippen molar-refractivity contribution in [2.75, 3.05) is 13.6 Å². The van der Waals surface area contributed by atoms with Crippen LogP contribution in [0.1, 0.15) is 39.5 Å². The standard InChI is InChI=1S/C14H26N2O/c1-10(2)17-11(3)14-8-5-12(15-14)9-16(4)13-6-7-13/h10,12-15H,3,5-9H2,1-2,4H3. The predicted molar refractivity (Wildman–Crippen MR) is 71.0 cm³/mol. The van der Waals surface area contributed by atoms with Crippen molar-refractivity contribution in [3.8, 4) is 0 Å². The van der Waals surface area contributed by atoms with Crippen molar-refractivity contribution >= 4 is 0 Å². The summed E-state index contributed by atoms with van der Waals surface area (Å²) >= 11 is 0. The summed E-state index contributed by atoms with van der Waals surface area (Å²) in [6, 6.07) is 1.82. The Hall–Kier alpha value is -0.540. The van der Waals surface area contributed by atoms with Gasteiger partial charge >= 0.3 is 0 Å². The smallest absolute Gasteiger partial charge is 0.106 e. The molecule has 17 heavy (non-hydrogen) atoms. The van der Waals surface area contributed by atoms with E-state index in [9.17, 15) is 0 Å². The van der Waals surface area contributed by atoms with E-state index in [0.717, 1.165) is 24.8 Å². The number of rotatable bonds is 6. The largest absolute Gasteiger partial charge is 0.494 e. The first kappa shape index (κ1) is 12.9. The molecule has 0 aromatic carbocycles. The zero-order valence-electron chi connectivity index (χ0n) is 11.4. The van der Waals surface area contributed by atoms with Crippen molar-refractivity contribution in [2.24, 2.45) is 0 Å². The van der Waals surface area contributed by atoms with Crippen LogP contribution in [0, 0.1) is 0 Å². The van der Waals surface area contributed by atoms with E-state index in [1.54, 1.807) is 0 Å². The van der Waals surface area contributed by atoms with Gasteiger partial charge in [0.2, 0.25) is 0 Å². The van der Waals surface area contributed by atoms with Gasteiger partial charge in [-0.25, -0.2) is 0 Å². The summed E-state index contributed by atoms with van der Waals surface area (Å²) in [7, 11) is 2.24. The molecule has 0 radical (unpaired) electrons. The maximum Gasteiger partial charge on any atom is 0.106 e. The zero-order valence-corrected chi connectivity index (χ0v) is 11.4. The Morgan fingerprint density at radius 2 is 2.06 bits per heavy atom. The summed E-state index contributed by atoms with van der Waals surface area (Å²) in [4.78, 5) is 2.49. The normalized spacial score (nSPS) is 29.0. The zero-order chi connectivity index (χ0) is 12.4. The molecular weight excluding hydrogens is 212 g/mol. The number of ether oxygens (including phenoxy) is 1. The second kappa shape index (κ2) is 5.40. The van der Waals surface area contributed by atoms with E-state index in [1.165, 1.54) is 19.3 Å². The molecule has 2 aliphatic rings. The van der Waals surface area contributed by atoms with Gasteiger partial charge in [0.15, 0.2) is 0 Å². The van der Waals surface area contributed by atoms with E-state index in [-0.39, 0.29) is 6.10 Å². The van der Waals surface area contributed by atoms with Gasteiger partial charge in [-0.05, 0) is 46.6 Å². The molecular formula is C14H26N2O. The van der Waals surface area contributed by atoms with Gasteiger partial charge in [0.25, 0.3) is 0 Å². The topological polar surface area (TPSA) is 24.5 Å². The van der Waals surface area contributed by atoms with Crippen LogP contribution >= 0.6 is 0 Å². The monoisotopic (exact) mass is 238 g/mol. The Kier molecular flexibility index (Phi) is 4.10. The summed E-state index contributed by atoms with van der Waals surface area (Å²) in [6.07, 6.45) is 5.40. The number of nitrogens with one attached hydrogen (secondary N) is 1. The van der Waals surface area contributed by atoms with Crippen LogP contribution in [0.4, 0.5) is 0 Å². The van der Waals surface area contributed by atoms with Gasteiger partial charge in [-0.3, -0.25) is 0 Å². The van der Waals surface area contributed by atoms with Gasteiger partial charge in [-0.1, -0.05) is 6.58 Å². The molecule has 3 heteroatoms. The first-order valence-corrected chi connectivity index (χ1v) is 6.88. The highest BCUT2D eigenvalue weighted by atomic mass is 16.5. The second-order valence-corrected chi connectivity index (χ2v) is 5.80. The number of likely N-dealkylation sites (N-methyl/N-ethyl adjacent to an activating group) is 1. The molecule has 2 rings (SSSR count). The molecule has 1 N–H and O–H groups in total. The van der Waals surface area contributed by atoms with Gasteiger partial charge < -0.3 is 15.0 Å². The molecule has 1 aliphatic heterocycles.